The molecule has 0 bridgehead atoms. The number of hydrogen-bond acceptors (Lipinski definition) is 2. The first kappa shape index (κ1) is 14.7. The van der Waals surface area contributed by atoms with Crippen LogP contribution in [0, 0.1) is 5.92 Å². The van der Waals surface area contributed by atoms with Crippen molar-refractivity contribution in [1.82, 2.24) is 5.32 Å². The Morgan fingerprint density at radius 2 is 1.88 bits per heavy atom. The molecule has 0 spiro atoms. The molecule has 0 aliphatic carbocycles. The van der Waals surface area contributed by atoms with Gasteiger partial charge in [0.1, 0.15) is 0 Å². The summed E-state index contributed by atoms with van der Waals surface area (Å²) < 4.78 is 6.62. The molecule has 1 N–H and O–H groups in total. The Kier molecular flexibility index (Phi) is 6.78. The standard InChI is InChI=1S/C14H22BrNO/c1-4-17-10-14(11(2)3)16-9-12-5-7-13(15)8-6-12/h5-8,11,14,16H,4,9-10H2,1-3H3. The van der Waals surface area contributed by atoms with E-state index in [1.165, 1.54) is 5.56 Å². The predicted molar refractivity (Wildman–Crippen MR) is 76.1 cm³/mol. The zero-order chi connectivity index (χ0) is 12.7. The van der Waals surface area contributed by atoms with E-state index in [0.29, 0.717) is 12.0 Å². The van der Waals surface area contributed by atoms with E-state index in [-0.39, 0.29) is 0 Å². The Bertz CT molecular complexity index is 311. The van der Waals surface area contributed by atoms with Crippen LogP contribution in [0.3, 0.4) is 0 Å². The van der Waals surface area contributed by atoms with E-state index >= 15 is 0 Å². The molecule has 2 nitrogen and oxygen atoms in total. The number of rotatable bonds is 7. The molecule has 0 saturated carbocycles. The quantitative estimate of drug-likeness (QED) is 0.831. The van der Waals surface area contributed by atoms with Gasteiger partial charge in [-0.2, -0.15) is 0 Å². The fraction of sp³-hybridized carbons (Fsp3) is 0.571. The third-order valence-corrected chi connectivity index (χ3v) is 3.32. The third-order valence-electron chi connectivity index (χ3n) is 2.79. The molecular weight excluding hydrogens is 278 g/mol. The smallest absolute Gasteiger partial charge is 0.0622 e. The number of nitrogens with one attached hydrogen (secondary N) is 1. The molecule has 1 aromatic rings. The summed E-state index contributed by atoms with van der Waals surface area (Å²) in [6, 6.07) is 8.83. The minimum atomic E-state index is 0.415. The summed E-state index contributed by atoms with van der Waals surface area (Å²) in [5.41, 5.74) is 1.30. The van der Waals surface area contributed by atoms with Crippen molar-refractivity contribution in [1.29, 1.82) is 0 Å². The zero-order valence-corrected chi connectivity index (χ0v) is 12.5. The van der Waals surface area contributed by atoms with E-state index in [9.17, 15) is 0 Å². The lowest BCUT2D eigenvalue weighted by molar-refractivity contribution is 0.108. The average Bonchev–Trinajstić information content (AvgIpc) is 2.31. The normalized spacial score (nSPS) is 13.0. The monoisotopic (exact) mass is 299 g/mol. The second kappa shape index (κ2) is 7.85. The highest BCUT2D eigenvalue weighted by Crippen LogP contribution is 2.11. The maximum Gasteiger partial charge on any atom is 0.0622 e. The minimum absolute atomic E-state index is 0.415. The third kappa shape index (κ3) is 5.66. The van der Waals surface area contributed by atoms with Gasteiger partial charge in [0.2, 0.25) is 0 Å². The van der Waals surface area contributed by atoms with Crippen LogP contribution < -0.4 is 5.32 Å². The van der Waals surface area contributed by atoms with Gasteiger partial charge in [-0.15, -0.1) is 0 Å². The fourth-order valence-electron chi connectivity index (χ4n) is 1.58. The Labute approximate surface area is 113 Å². The van der Waals surface area contributed by atoms with Crippen molar-refractivity contribution < 1.29 is 4.74 Å². The SMILES string of the molecule is CCOCC(NCc1ccc(Br)cc1)C(C)C. The summed E-state index contributed by atoms with van der Waals surface area (Å²) >= 11 is 3.44. The Hall–Kier alpha value is -0.380. The van der Waals surface area contributed by atoms with Gasteiger partial charge in [-0.05, 0) is 30.5 Å². The molecular formula is C14H22BrNO. The van der Waals surface area contributed by atoms with Crippen molar-refractivity contribution in [3.63, 3.8) is 0 Å². The lowest BCUT2D eigenvalue weighted by atomic mass is 10.0. The zero-order valence-electron chi connectivity index (χ0n) is 10.9. The number of ether oxygens (including phenoxy) is 1. The number of halogens is 1. The van der Waals surface area contributed by atoms with Gasteiger partial charge in [-0.25, -0.2) is 0 Å². The summed E-state index contributed by atoms with van der Waals surface area (Å²) in [4.78, 5) is 0. The molecule has 0 amide bonds. The summed E-state index contributed by atoms with van der Waals surface area (Å²) in [6.07, 6.45) is 0. The van der Waals surface area contributed by atoms with E-state index in [2.05, 4.69) is 59.4 Å². The van der Waals surface area contributed by atoms with E-state index in [1.807, 2.05) is 6.92 Å². The van der Waals surface area contributed by atoms with Crippen LogP contribution in [0.4, 0.5) is 0 Å². The van der Waals surface area contributed by atoms with Crippen molar-refractivity contribution in [2.75, 3.05) is 13.2 Å². The molecule has 1 atom stereocenters. The summed E-state index contributed by atoms with van der Waals surface area (Å²) in [5.74, 6) is 0.581. The molecule has 0 aliphatic heterocycles. The van der Waals surface area contributed by atoms with Gasteiger partial charge < -0.3 is 10.1 Å². The van der Waals surface area contributed by atoms with Crippen LogP contribution in [0.25, 0.3) is 0 Å². The topological polar surface area (TPSA) is 21.3 Å². The van der Waals surface area contributed by atoms with Gasteiger partial charge in [0, 0.05) is 23.7 Å². The first-order chi connectivity index (χ1) is 8.13. The average molecular weight is 300 g/mol. The first-order valence-corrected chi connectivity index (χ1v) is 6.98. The van der Waals surface area contributed by atoms with Gasteiger partial charge >= 0.3 is 0 Å². The van der Waals surface area contributed by atoms with Gasteiger partial charge in [0.05, 0.1) is 6.61 Å². The van der Waals surface area contributed by atoms with Crippen LogP contribution in [0.1, 0.15) is 26.3 Å². The highest BCUT2D eigenvalue weighted by molar-refractivity contribution is 9.10. The highest BCUT2D eigenvalue weighted by Gasteiger charge is 2.12. The maximum atomic E-state index is 5.49. The van der Waals surface area contributed by atoms with Crippen LogP contribution in [0.15, 0.2) is 28.7 Å². The van der Waals surface area contributed by atoms with Crippen molar-refractivity contribution in [2.45, 2.75) is 33.4 Å². The van der Waals surface area contributed by atoms with Gasteiger partial charge in [-0.3, -0.25) is 0 Å². The minimum Gasteiger partial charge on any atom is -0.380 e. The van der Waals surface area contributed by atoms with E-state index in [0.717, 1.165) is 24.2 Å². The Morgan fingerprint density at radius 3 is 2.41 bits per heavy atom. The van der Waals surface area contributed by atoms with Crippen LogP contribution >= 0.6 is 15.9 Å². The molecule has 1 rings (SSSR count). The molecule has 3 heteroatoms. The molecule has 17 heavy (non-hydrogen) atoms. The molecule has 0 aromatic heterocycles. The van der Waals surface area contributed by atoms with Crippen LogP contribution in [0.2, 0.25) is 0 Å². The lowest BCUT2D eigenvalue weighted by Crippen LogP contribution is -2.37. The largest absolute Gasteiger partial charge is 0.380 e. The molecule has 0 heterocycles. The molecule has 0 radical (unpaired) electrons. The van der Waals surface area contributed by atoms with Crippen molar-refractivity contribution in [2.24, 2.45) is 5.92 Å². The molecule has 0 fully saturated rings. The lowest BCUT2D eigenvalue weighted by Gasteiger charge is -2.22. The van der Waals surface area contributed by atoms with Crippen molar-refractivity contribution >= 4 is 15.9 Å². The summed E-state index contributed by atoms with van der Waals surface area (Å²) in [6.45, 7) is 8.93. The Morgan fingerprint density at radius 1 is 1.24 bits per heavy atom. The van der Waals surface area contributed by atoms with Gasteiger partial charge in [-0.1, -0.05) is 41.9 Å². The van der Waals surface area contributed by atoms with Gasteiger partial charge in [0.25, 0.3) is 0 Å². The molecule has 0 aliphatic rings. The maximum absolute atomic E-state index is 5.49. The fourth-order valence-corrected chi connectivity index (χ4v) is 1.85. The molecule has 1 unspecified atom stereocenters. The first-order valence-electron chi connectivity index (χ1n) is 6.19. The summed E-state index contributed by atoms with van der Waals surface area (Å²) in [7, 11) is 0. The van der Waals surface area contributed by atoms with Crippen molar-refractivity contribution in [3.8, 4) is 0 Å². The molecule has 1 aromatic carbocycles. The predicted octanol–water partition coefficient (Wildman–Crippen LogP) is 3.60. The van der Waals surface area contributed by atoms with Crippen molar-refractivity contribution in [3.05, 3.63) is 34.3 Å². The van der Waals surface area contributed by atoms with Crippen LogP contribution in [-0.4, -0.2) is 19.3 Å². The summed E-state index contributed by atoms with van der Waals surface area (Å²) in [5, 5.41) is 3.55. The van der Waals surface area contributed by atoms with Crippen LogP contribution in [0.5, 0.6) is 0 Å². The second-order valence-electron chi connectivity index (χ2n) is 4.52. The van der Waals surface area contributed by atoms with E-state index in [4.69, 9.17) is 4.74 Å². The Balaban J connectivity index is 2.43. The second-order valence-corrected chi connectivity index (χ2v) is 5.43. The number of benzene rings is 1. The van der Waals surface area contributed by atoms with Gasteiger partial charge in [0.15, 0.2) is 0 Å². The van der Waals surface area contributed by atoms with Crippen LogP contribution in [-0.2, 0) is 11.3 Å². The molecule has 96 valence electrons. The molecule has 0 saturated heterocycles. The number of hydrogen-bond donors (Lipinski definition) is 1. The van der Waals surface area contributed by atoms with E-state index < -0.39 is 0 Å². The highest BCUT2D eigenvalue weighted by atomic mass is 79.9. The van der Waals surface area contributed by atoms with E-state index in [1.54, 1.807) is 0 Å².